The predicted molar refractivity (Wildman–Crippen MR) is 162 cm³/mol. The van der Waals surface area contributed by atoms with Gasteiger partial charge in [-0.05, 0) is 46.5 Å². The summed E-state index contributed by atoms with van der Waals surface area (Å²) in [5.74, 6) is -0.926. The zero-order valence-corrected chi connectivity index (χ0v) is 26.0. The summed E-state index contributed by atoms with van der Waals surface area (Å²) in [4.78, 5) is 26.7. The number of esters is 1. The van der Waals surface area contributed by atoms with E-state index >= 15 is 0 Å². The molecule has 0 aliphatic carbocycles. The van der Waals surface area contributed by atoms with E-state index in [0.717, 1.165) is 15.9 Å². The first kappa shape index (κ1) is 29.7. The van der Waals surface area contributed by atoms with Gasteiger partial charge in [0.2, 0.25) is 5.79 Å². The number of amides is 1. The second-order valence-corrected chi connectivity index (χ2v) is 16.8. The SMILES string of the molecule is Cc1cc(OC[C@@H]2C[C@@H](O[Si](c3ccccc3)(c3ccccc3)C(C)(C)C)CN2C(=O)O)c2c(c1)OC(C)(C)OC2=O. The average molecular weight is 590 g/mol. The predicted octanol–water partition coefficient (Wildman–Crippen LogP) is 5.36. The first-order valence-corrected chi connectivity index (χ1v) is 16.2. The molecule has 1 fully saturated rings. The number of benzene rings is 3. The van der Waals surface area contributed by atoms with E-state index in [4.69, 9.17) is 18.6 Å². The second kappa shape index (κ2) is 11.1. The van der Waals surface area contributed by atoms with Crippen molar-refractivity contribution in [2.24, 2.45) is 0 Å². The van der Waals surface area contributed by atoms with Gasteiger partial charge in [0.25, 0.3) is 8.32 Å². The zero-order chi connectivity index (χ0) is 30.3. The van der Waals surface area contributed by atoms with Crippen molar-refractivity contribution in [2.75, 3.05) is 13.2 Å². The Labute approximate surface area is 248 Å². The number of aryl methyl sites for hydroxylation is 1. The van der Waals surface area contributed by atoms with Gasteiger partial charge < -0.3 is 23.7 Å². The standard InChI is InChI=1S/C33H39NO7Si/c1-22-17-27(29-28(18-22)39-33(5,6)40-30(29)35)38-21-23-19-24(20-34(23)31(36)37)41-42(32(2,3)4,25-13-9-7-10-14-25)26-15-11-8-12-16-26/h7-18,23-24H,19-21H2,1-6H3,(H,36,37)/t23-,24+/m0/s1. The molecule has 0 radical (unpaired) electrons. The van der Waals surface area contributed by atoms with Gasteiger partial charge in [0.1, 0.15) is 23.7 Å². The molecule has 0 bridgehead atoms. The molecule has 42 heavy (non-hydrogen) atoms. The molecule has 9 heteroatoms. The van der Waals surface area contributed by atoms with Crippen LogP contribution in [0.15, 0.2) is 72.8 Å². The molecule has 1 saturated heterocycles. The van der Waals surface area contributed by atoms with E-state index in [2.05, 4.69) is 45.0 Å². The molecule has 8 nitrogen and oxygen atoms in total. The average Bonchev–Trinajstić information content (AvgIpc) is 3.32. The van der Waals surface area contributed by atoms with Gasteiger partial charge in [0, 0.05) is 20.4 Å². The Morgan fingerprint density at radius 3 is 2.17 bits per heavy atom. The van der Waals surface area contributed by atoms with Crippen LogP contribution in [0.3, 0.4) is 0 Å². The normalized spacial score (nSPS) is 20.0. The fraction of sp³-hybridized carbons (Fsp3) is 0.394. The molecule has 3 aromatic carbocycles. The fourth-order valence-corrected chi connectivity index (χ4v) is 10.8. The zero-order valence-electron chi connectivity index (χ0n) is 25.0. The lowest BCUT2D eigenvalue weighted by Gasteiger charge is -2.44. The van der Waals surface area contributed by atoms with Crippen LogP contribution in [0.2, 0.25) is 5.04 Å². The van der Waals surface area contributed by atoms with Crippen LogP contribution in [0.25, 0.3) is 0 Å². The van der Waals surface area contributed by atoms with Gasteiger partial charge in [-0.15, -0.1) is 0 Å². The lowest BCUT2D eigenvalue weighted by atomic mass is 10.1. The Hall–Kier alpha value is -3.82. The van der Waals surface area contributed by atoms with Crippen LogP contribution in [-0.2, 0) is 9.16 Å². The molecule has 2 heterocycles. The van der Waals surface area contributed by atoms with E-state index in [1.807, 2.05) is 43.3 Å². The van der Waals surface area contributed by atoms with E-state index in [1.54, 1.807) is 26.0 Å². The summed E-state index contributed by atoms with van der Waals surface area (Å²) in [5, 5.41) is 12.2. The molecular formula is C33H39NO7Si. The van der Waals surface area contributed by atoms with Crippen molar-refractivity contribution in [1.29, 1.82) is 0 Å². The molecule has 2 aliphatic rings. The van der Waals surface area contributed by atoms with Crippen molar-refractivity contribution in [1.82, 2.24) is 4.90 Å². The lowest BCUT2D eigenvalue weighted by molar-refractivity contribution is -0.127. The summed E-state index contributed by atoms with van der Waals surface area (Å²) in [6, 6.07) is 23.7. The maximum absolute atomic E-state index is 12.9. The number of rotatable bonds is 7. The number of carbonyl (C=O) groups excluding carboxylic acids is 1. The number of carbonyl (C=O) groups is 2. The molecule has 0 spiro atoms. The minimum atomic E-state index is -2.88. The van der Waals surface area contributed by atoms with Gasteiger partial charge in [0.15, 0.2) is 0 Å². The van der Waals surface area contributed by atoms with Crippen LogP contribution in [0.4, 0.5) is 4.79 Å². The van der Waals surface area contributed by atoms with Crippen molar-refractivity contribution < 1.29 is 33.3 Å². The molecule has 0 aromatic heterocycles. The molecule has 0 saturated carbocycles. The summed E-state index contributed by atoms with van der Waals surface area (Å²) >= 11 is 0. The highest BCUT2D eigenvalue weighted by Gasteiger charge is 2.53. The molecule has 3 aromatic rings. The van der Waals surface area contributed by atoms with Crippen molar-refractivity contribution in [2.45, 2.75) is 70.9 Å². The van der Waals surface area contributed by atoms with E-state index < -0.39 is 32.2 Å². The number of carboxylic acid groups (broad SMARTS) is 1. The molecule has 2 atom stereocenters. The van der Waals surface area contributed by atoms with E-state index in [0.29, 0.717) is 17.9 Å². The first-order chi connectivity index (χ1) is 19.8. The first-order valence-electron chi connectivity index (χ1n) is 14.3. The van der Waals surface area contributed by atoms with E-state index in [9.17, 15) is 14.7 Å². The summed E-state index contributed by atoms with van der Waals surface area (Å²) < 4.78 is 24.7. The van der Waals surface area contributed by atoms with Crippen LogP contribution in [-0.4, -0.2) is 61.5 Å². The van der Waals surface area contributed by atoms with Crippen molar-refractivity contribution in [3.8, 4) is 11.5 Å². The van der Waals surface area contributed by atoms with E-state index in [-0.39, 0.29) is 29.9 Å². The maximum atomic E-state index is 12.9. The maximum Gasteiger partial charge on any atom is 0.407 e. The largest absolute Gasteiger partial charge is 0.490 e. The van der Waals surface area contributed by atoms with Gasteiger partial charge in [0.05, 0.1) is 12.1 Å². The molecule has 5 rings (SSSR count). The van der Waals surface area contributed by atoms with Crippen molar-refractivity contribution >= 4 is 30.8 Å². The van der Waals surface area contributed by atoms with Crippen LogP contribution in [0, 0.1) is 6.92 Å². The summed E-state index contributed by atoms with van der Waals surface area (Å²) in [5.41, 5.74) is 1.06. The Kier molecular flexibility index (Phi) is 7.85. The van der Waals surface area contributed by atoms with Crippen LogP contribution in [0.5, 0.6) is 11.5 Å². The number of likely N-dealkylation sites (tertiary alicyclic amines) is 1. The van der Waals surface area contributed by atoms with Gasteiger partial charge in [-0.2, -0.15) is 0 Å². The quantitative estimate of drug-likeness (QED) is 0.293. The summed E-state index contributed by atoms with van der Waals surface area (Å²) in [6.45, 7) is 12.1. The molecule has 0 unspecified atom stereocenters. The van der Waals surface area contributed by atoms with Crippen molar-refractivity contribution in [3.05, 3.63) is 83.9 Å². The number of hydrogen-bond acceptors (Lipinski definition) is 6. The number of ether oxygens (including phenoxy) is 3. The monoisotopic (exact) mass is 589 g/mol. The number of nitrogens with zero attached hydrogens (tertiary/aromatic N) is 1. The van der Waals surface area contributed by atoms with Gasteiger partial charge in [-0.25, -0.2) is 9.59 Å². The highest BCUT2D eigenvalue weighted by Crippen LogP contribution is 2.40. The molecule has 2 aliphatic heterocycles. The topological polar surface area (TPSA) is 94.5 Å². The highest BCUT2D eigenvalue weighted by molar-refractivity contribution is 6.99. The van der Waals surface area contributed by atoms with E-state index in [1.165, 1.54) is 4.90 Å². The molecular weight excluding hydrogens is 550 g/mol. The lowest BCUT2D eigenvalue weighted by Crippen LogP contribution is -2.67. The number of cyclic esters (lactones) is 1. The minimum Gasteiger partial charge on any atom is -0.490 e. The Morgan fingerprint density at radius 2 is 1.62 bits per heavy atom. The number of fused-ring (bicyclic) bond motifs is 1. The Bertz CT molecular complexity index is 1410. The van der Waals surface area contributed by atoms with Crippen molar-refractivity contribution in [3.63, 3.8) is 0 Å². The van der Waals surface area contributed by atoms with Crippen LogP contribution >= 0.6 is 0 Å². The summed E-state index contributed by atoms with van der Waals surface area (Å²) in [6.07, 6.45) is -0.923. The van der Waals surface area contributed by atoms with Crippen LogP contribution in [0.1, 0.15) is 57.0 Å². The Morgan fingerprint density at radius 1 is 1.02 bits per heavy atom. The third-order valence-corrected chi connectivity index (χ3v) is 13.0. The van der Waals surface area contributed by atoms with Gasteiger partial charge in [-0.3, -0.25) is 4.90 Å². The van der Waals surface area contributed by atoms with Crippen LogP contribution < -0.4 is 19.8 Å². The van der Waals surface area contributed by atoms with Gasteiger partial charge in [-0.1, -0.05) is 81.4 Å². The molecule has 1 amide bonds. The second-order valence-electron chi connectivity index (χ2n) is 12.6. The Balaban J connectivity index is 1.44. The third kappa shape index (κ3) is 5.63. The smallest absolute Gasteiger partial charge is 0.407 e. The molecule has 222 valence electrons. The number of hydrogen-bond donors (Lipinski definition) is 1. The molecule has 1 N–H and O–H groups in total. The highest BCUT2D eigenvalue weighted by atomic mass is 28.4. The minimum absolute atomic E-state index is 0.0550. The third-order valence-electron chi connectivity index (χ3n) is 7.92. The summed E-state index contributed by atoms with van der Waals surface area (Å²) in [7, 11) is -2.88. The van der Waals surface area contributed by atoms with Gasteiger partial charge >= 0.3 is 12.1 Å². The fourth-order valence-electron chi connectivity index (χ4n) is 6.16.